The first-order valence-electron chi connectivity index (χ1n) is 8.59. The molecule has 0 saturated heterocycles. The summed E-state index contributed by atoms with van der Waals surface area (Å²) in [7, 11) is -1.94. The van der Waals surface area contributed by atoms with Crippen molar-refractivity contribution in [2.24, 2.45) is 0 Å². The Kier molecular flexibility index (Phi) is 4.58. The first-order valence-corrected chi connectivity index (χ1v) is 12.3. The maximum atomic E-state index is 12.5. The Hall–Kier alpha value is -1.63. The van der Waals surface area contributed by atoms with Crippen molar-refractivity contribution in [2.75, 3.05) is 5.32 Å². The van der Waals surface area contributed by atoms with Crippen LogP contribution < -0.4 is 9.74 Å². The summed E-state index contributed by atoms with van der Waals surface area (Å²) in [6.45, 7) is 10.9. The van der Waals surface area contributed by atoms with Gasteiger partial charge in [0.05, 0.1) is 5.69 Å². The minimum atomic E-state index is -1.94. The standard InChI is InChI=1S/C20H24BrNO3Si/c1-19(2,3)26(4,5)25-14-11-9-13(10-12-14)20(24)15-7-6-8-16(21)17(15)22-18(20)23/h6-12,24H,1-5H3,(H,22,23). The molecule has 26 heavy (non-hydrogen) atoms. The number of nitrogens with one attached hydrogen (secondary N) is 1. The fraction of sp³-hybridized carbons (Fsp3) is 0.350. The van der Waals surface area contributed by atoms with Crippen LogP contribution in [0.25, 0.3) is 0 Å². The number of hydrogen-bond donors (Lipinski definition) is 2. The summed E-state index contributed by atoms with van der Waals surface area (Å²) in [4.78, 5) is 12.5. The summed E-state index contributed by atoms with van der Waals surface area (Å²) in [6.07, 6.45) is 0. The van der Waals surface area contributed by atoms with Crippen molar-refractivity contribution in [1.29, 1.82) is 0 Å². The van der Waals surface area contributed by atoms with E-state index < -0.39 is 19.8 Å². The van der Waals surface area contributed by atoms with Crippen LogP contribution in [0.5, 0.6) is 5.75 Å². The van der Waals surface area contributed by atoms with Crippen molar-refractivity contribution in [1.82, 2.24) is 0 Å². The number of fused-ring (bicyclic) bond motifs is 1. The molecule has 2 aromatic carbocycles. The molecule has 138 valence electrons. The van der Waals surface area contributed by atoms with Crippen LogP contribution in [0, 0.1) is 0 Å². The summed E-state index contributed by atoms with van der Waals surface area (Å²) >= 11 is 3.42. The Morgan fingerprint density at radius 3 is 2.31 bits per heavy atom. The predicted octanol–water partition coefficient (Wildman–Crippen LogP) is 5.02. The number of anilines is 1. The van der Waals surface area contributed by atoms with Crippen molar-refractivity contribution >= 4 is 35.8 Å². The molecule has 1 aliphatic heterocycles. The number of hydrogen-bond acceptors (Lipinski definition) is 3. The first-order chi connectivity index (χ1) is 12.0. The third-order valence-electron chi connectivity index (χ3n) is 5.42. The lowest BCUT2D eigenvalue weighted by atomic mass is 9.87. The van der Waals surface area contributed by atoms with Gasteiger partial charge in [0, 0.05) is 10.0 Å². The largest absolute Gasteiger partial charge is 0.544 e. The van der Waals surface area contributed by atoms with Gasteiger partial charge >= 0.3 is 0 Å². The van der Waals surface area contributed by atoms with Crippen molar-refractivity contribution in [2.45, 2.75) is 44.5 Å². The van der Waals surface area contributed by atoms with Gasteiger partial charge in [-0.1, -0.05) is 45.0 Å². The molecule has 0 fully saturated rings. The second-order valence-corrected chi connectivity index (χ2v) is 13.8. The maximum Gasteiger partial charge on any atom is 0.265 e. The van der Waals surface area contributed by atoms with Crippen LogP contribution in [0.4, 0.5) is 5.69 Å². The van der Waals surface area contributed by atoms with E-state index in [1.54, 1.807) is 18.2 Å². The number of benzene rings is 2. The van der Waals surface area contributed by atoms with Crippen molar-refractivity contribution < 1.29 is 14.3 Å². The molecule has 2 aromatic rings. The van der Waals surface area contributed by atoms with Crippen LogP contribution in [0.15, 0.2) is 46.9 Å². The summed E-state index contributed by atoms with van der Waals surface area (Å²) < 4.78 is 7.03. The van der Waals surface area contributed by atoms with Gasteiger partial charge in [-0.25, -0.2) is 0 Å². The van der Waals surface area contributed by atoms with Gasteiger partial charge in [0.1, 0.15) is 5.75 Å². The highest BCUT2D eigenvalue weighted by Gasteiger charge is 2.47. The summed E-state index contributed by atoms with van der Waals surface area (Å²) in [6, 6.07) is 12.6. The first kappa shape index (κ1) is 19.1. The highest BCUT2D eigenvalue weighted by molar-refractivity contribution is 9.10. The molecule has 1 unspecified atom stereocenters. The van der Waals surface area contributed by atoms with Gasteiger partial charge in [0.25, 0.3) is 5.91 Å². The van der Waals surface area contributed by atoms with Crippen LogP contribution in [0.2, 0.25) is 18.1 Å². The van der Waals surface area contributed by atoms with Crippen molar-refractivity contribution in [3.63, 3.8) is 0 Å². The van der Waals surface area contributed by atoms with E-state index in [1.165, 1.54) is 0 Å². The number of rotatable bonds is 3. The van der Waals surface area contributed by atoms with E-state index in [9.17, 15) is 9.90 Å². The van der Waals surface area contributed by atoms with Gasteiger partial charge in [-0.3, -0.25) is 4.79 Å². The molecule has 1 heterocycles. The molecular formula is C20H24BrNO3Si. The van der Waals surface area contributed by atoms with E-state index in [-0.39, 0.29) is 5.04 Å². The third-order valence-corrected chi connectivity index (χ3v) is 10.4. The molecule has 0 aromatic heterocycles. The number of halogens is 1. The van der Waals surface area contributed by atoms with Crippen LogP contribution >= 0.6 is 15.9 Å². The smallest absolute Gasteiger partial charge is 0.265 e. The highest BCUT2D eigenvalue weighted by Crippen LogP contribution is 2.44. The lowest BCUT2D eigenvalue weighted by Gasteiger charge is -2.36. The fourth-order valence-electron chi connectivity index (χ4n) is 2.78. The predicted molar refractivity (Wildman–Crippen MR) is 110 cm³/mol. The Bertz CT molecular complexity index is 858. The highest BCUT2D eigenvalue weighted by atomic mass is 79.9. The quantitative estimate of drug-likeness (QED) is 0.667. The third kappa shape index (κ3) is 3.00. The molecule has 0 saturated carbocycles. The second kappa shape index (κ2) is 6.22. The number of carbonyl (C=O) groups excluding carboxylic acids is 1. The van der Waals surface area contributed by atoms with Crippen LogP contribution in [0.3, 0.4) is 0 Å². The van der Waals surface area contributed by atoms with E-state index in [0.717, 1.165) is 10.2 Å². The topological polar surface area (TPSA) is 58.6 Å². The molecule has 0 aliphatic carbocycles. The molecule has 2 N–H and O–H groups in total. The molecule has 4 nitrogen and oxygen atoms in total. The average Bonchev–Trinajstić information content (AvgIpc) is 2.81. The van der Waals surface area contributed by atoms with Crippen molar-refractivity contribution in [3.05, 3.63) is 58.1 Å². The Labute approximate surface area is 163 Å². The Morgan fingerprint density at radius 2 is 1.73 bits per heavy atom. The van der Waals surface area contributed by atoms with E-state index in [2.05, 4.69) is 55.1 Å². The minimum Gasteiger partial charge on any atom is -0.544 e. The average molecular weight is 434 g/mol. The molecule has 1 atom stereocenters. The minimum absolute atomic E-state index is 0.0976. The van der Waals surface area contributed by atoms with Crippen molar-refractivity contribution in [3.8, 4) is 5.75 Å². The van der Waals surface area contributed by atoms with Crippen LogP contribution in [-0.4, -0.2) is 19.3 Å². The molecule has 0 bridgehead atoms. The maximum absolute atomic E-state index is 12.5. The van der Waals surface area contributed by atoms with Gasteiger partial charge < -0.3 is 14.8 Å². The zero-order chi connectivity index (χ0) is 19.3. The summed E-state index contributed by atoms with van der Waals surface area (Å²) in [5.41, 5.74) is -0.0137. The Morgan fingerprint density at radius 1 is 1.12 bits per heavy atom. The summed E-state index contributed by atoms with van der Waals surface area (Å²) in [5.74, 6) is 0.314. The summed E-state index contributed by atoms with van der Waals surface area (Å²) in [5, 5.41) is 14.1. The lowest BCUT2D eigenvalue weighted by molar-refractivity contribution is -0.129. The van der Waals surface area contributed by atoms with Crippen LogP contribution in [0.1, 0.15) is 31.9 Å². The number of para-hydroxylation sites is 1. The second-order valence-electron chi connectivity index (χ2n) is 8.21. The lowest BCUT2D eigenvalue weighted by Crippen LogP contribution is -2.43. The van der Waals surface area contributed by atoms with Gasteiger partial charge in [-0.15, -0.1) is 0 Å². The van der Waals surface area contributed by atoms with Gasteiger partial charge in [-0.2, -0.15) is 0 Å². The molecule has 0 radical (unpaired) electrons. The Balaban J connectivity index is 1.95. The SMILES string of the molecule is CC(C)(C)[Si](C)(C)Oc1ccc(C2(O)C(=O)Nc3c(Br)cccc32)cc1. The molecule has 6 heteroatoms. The fourth-order valence-corrected chi connectivity index (χ4v) is 4.27. The van der Waals surface area contributed by atoms with Crippen LogP contribution in [-0.2, 0) is 10.4 Å². The van der Waals surface area contributed by atoms with E-state index >= 15 is 0 Å². The molecule has 1 aliphatic rings. The zero-order valence-electron chi connectivity index (χ0n) is 15.7. The number of carbonyl (C=O) groups is 1. The monoisotopic (exact) mass is 433 g/mol. The van der Waals surface area contributed by atoms with Gasteiger partial charge in [-0.05, 0) is 57.8 Å². The molecule has 3 rings (SSSR count). The normalized spacial score (nSPS) is 19.9. The molecular weight excluding hydrogens is 410 g/mol. The number of amides is 1. The van der Waals surface area contributed by atoms with E-state index in [4.69, 9.17) is 4.43 Å². The van der Waals surface area contributed by atoms with Gasteiger partial charge in [0.2, 0.25) is 8.32 Å². The van der Waals surface area contributed by atoms with Gasteiger partial charge in [0.15, 0.2) is 5.60 Å². The zero-order valence-corrected chi connectivity index (χ0v) is 18.3. The molecule has 1 amide bonds. The number of aliphatic hydroxyl groups is 1. The van der Waals surface area contributed by atoms with E-state index in [1.807, 2.05) is 24.3 Å². The van der Waals surface area contributed by atoms with E-state index in [0.29, 0.717) is 16.8 Å². The molecule has 0 spiro atoms.